The second-order valence-corrected chi connectivity index (χ2v) is 7.60. The first-order valence-electron chi connectivity index (χ1n) is 7.96. The topological polar surface area (TPSA) is 72.3 Å². The van der Waals surface area contributed by atoms with Crippen LogP contribution >= 0.6 is 11.3 Å². The molecule has 0 fully saturated rings. The second kappa shape index (κ2) is 6.34. The minimum Gasteiger partial charge on any atom is -0.390 e. The van der Waals surface area contributed by atoms with Gasteiger partial charge in [0.1, 0.15) is 0 Å². The van der Waals surface area contributed by atoms with E-state index in [4.69, 9.17) is 11.5 Å². The van der Waals surface area contributed by atoms with Crippen LogP contribution in [-0.2, 0) is 19.5 Å². The number of hydrogen-bond acceptors (Lipinski definition) is 4. The summed E-state index contributed by atoms with van der Waals surface area (Å²) < 4.78 is 0. The lowest BCUT2D eigenvalue weighted by Gasteiger charge is -2.27. The monoisotopic (exact) mass is 329 g/mol. The van der Waals surface area contributed by atoms with Gasteiger partial charge in [0.2, 0.25) is 0 Å². The maximum atomic E-state index is 11.5. The molecule has 0 saturated carbocycles. The van der Waals surface area contributed by atoms with E-state index in [0.29, 0.717) is 16.5 Å². The zero-order valence-corrected chi connectivity index (χ0v) is 14.5. The highest BCUT2D eigenvalue weighted by Crippen LogP contribution is 2.35. The van der Waals surface area contributed by atoms with Crippen molar-refractivity contribution in [3.63, 3.8) is 0 Å². The maximum absolute atomic E-state index is 11.5. The molecule has 23 heavy (non-hydrogen) atoms. The number of nitrogen functional groups attached to an aromatic ring is 1. The number of hydrogen-bond donors (Lipinski definition) is 2. The summed E-state index contributed by atoms with van der Waals surface area (Å²) >= 11 is 1.50. The molecular weight excluding hydrogens is 306 g/mol. The lowest BCUT2D eigenvalue weighted by molar-refractivity contribution is 0.1000. The van der Waals surface area contributed by atoms with Crippen molar-refractivity contribution in [1.29, 1.82) is 0 Å². The van der Waals surface area contributed by atoms with E-state index < -0.39 is 5.91 Å². The fourth-order valence-corrected chi connectivity index (χ4v) is 4.31. The molecule has 0 unspecified atom stereocenters. The Morgan fingerprint density at radius 1 is 1.30 bits per heavy atom. The minimum atomic E-state index is -0.405. The van der Waals surface area contributed by atoms with Crippen LogP contribution in [0.1, 0.15) is 51.7 Å². The molecule has 1 aromatic heterocycles. The minimum absolute atomic E-state index is 0.405. The Labute approximate surface area is 141 Å². The number of carbonyl (C=O) groups excluding carboxylic acids is 1. The number of benzene rings is 1. The molecule has 0 radical (unpaired) electrons. The number of anilines is 1. The number of nitrogens with two attached hydrogens (primary N) is 2. The van der Waals surface area contributed by atoms with Crippen molar-refractivity contribution in [2.24, 2.45) is 5.73 Å². The Bertz CT molecular complexity index is 719. The van der Waals surface area contributed by atoms with Crippen molar-refractivity contribution in [3.05, 3.63) is 51.4 Å². The fraction of sp³-hybridized carbons (Fsp3) is 0.389. The Balaban J connectivity index is 1.72. The molecule has 1 amide bonds. The summed E-state index contributed by atoms with van der Waals surface area (Å²) in [6, 6.07) is 8.85. The molecule has 0 aliphatic carbocycles. The Morgan fingerprint density at radius 2 is 2.00 bits per heavy atom. The van der Waals surface area contributed by atoms with Crippen LogP contribution in [-0.4, -0.2) is 17.4 Å². The van der Waals surface area contributed by atoms with E-state index >= 15 is 0 Å². The largest absolute Gasteiger partial charge is 0.390 e. The molecule has 1 aliphatic heterocycles. The van der Waals surface area contributed by atoms with Gasteiger partial charge in [0.05, 0.1) is 10.6 Å². The van der Waals surface area contributed by atoms with Gasteiger partial charge in [0.25, 0.3) is 5.91 Å². The van der Waals surface area contributed by atoms with Crippen LogP contribution in [0.15, 0.2) is 24.3 Å². The summed E-state index contributed by atoms with van der Waals surface area (Å²) in [5.41, 5.74) is 15.7. The van der Waals surface area contributed by atoms with Crippen LogP contribution in [0.25, 0.3) is 0 Å². The second-order valence-electron chi connectivity index (χ2n) is 6.46. The molecule has 1 aromatic carbocycles. The molecule has 0 spiro atoms. The molecular formula is C18H23N3OS. The summed E-state index contributed by atoms with van der Waals surface area (Å²) in [5, 5.41) is 0.561. The number of rotatable bonds is 4. The maximum Gasteiger partial charge on any atom is 0.251 e. The summed E-state index contributed by atoms with van der Waals surface area (Å²) in [4.78, 5) is 15.1. The number of thiophene rings is 1. The highest BCUT2D eigenvalue weighted by molar-refractivity contribution is 7.16. The average Bonchev–Trinajstić information content (AvgIpc) is 2.83. The first-order chi connectivity index (χ1) is 11.0. The molecule has 4 nitrogen and oxygen atoms in total. The predicted molar refractivity (Wildman–Crippen MR) is 95.6 cm³/mol. The van der Waals surface area contributed by atoms with Crippen LogP contribution < -0.4 is 11.5 Å². The number of primary amides is 1. The number of amides is 1. The zero-order chi connectivity index (χ0) is 16.6. The van der Waals surface area contributed by atoms with Crippen LogP contribution in [0.4, 0.5) is 5.00 Å². The molecule has 0 saturated heterocycles. The van der Waals surface area contributed by atoms with Gasteiger partial charge in [-0.25, -0.2) is 0 Å². The molecule has 122 valence electrons. The first-order valence-corrected chi connectivity index (χ1v) is 8.78. The summed E-state index contributed by atoms with van der Waals surface area (Å²) in [7, 11) is 0. The molecule has 3 rings (SSSR count). The van der Waals surface area contributed by atoms with Gasteiger partial charge in [-0.2, -0.15) is 0 Å². The third-order valence-electron chi connectivity index (χ3n) is 4.46. The Kier molecular flexibility index (Phi) is 4.41. The molecule has 2 aromatic rings. The average molecular weight is 329 g/mol. The standard InChI is InChI=1S/C18H23N3OS/c1-11(2)13-5-3-12(4-6-13)9-21-8-7-14-15(10-21)23-18(20)16(14)17(19)22/h3-6,11H,7-10,20H2,1-2H3,(H2,19,22). The SMILES string of the molecule is CC(C)c1ccc(CN2CCc3c(sc(N)c3C(N)=O)C2)cc1. The molecule has 1 aliphatic rings. The van der Waals surface area contributed by atoms with E-state index in [0.717, 1.165) is 31.6 Å². The van der Waals surface area contributed by atoms with Gasteiger partial charge in [-0.1, -0.05) is 38.1 Å². The number of fused-ring (bicyclic) bond motifs is 1. The predicted octanol–water partition coefficient (Wildman–Crippen LogP) is 3.11. The lowest BCUT2D eigenvalue weighted by atomic mass is 10.0. The Hall–Kier alpha value is -1.85. The van der Waals surface area contributed by atoms with Crippen molar-refractivity contribution >= 4 is 22.2 Å². The van der Waals surface area contributed by atoms with Crippen LogP contribution in [0, 0.1) is 0 Å². The molecule has 0 bridgehead atoms. The van der Waals surface area contributed by atoms with E-state index in [1.807, 2.05) is 0 Å². The third-order valence-corrected chi connectivity index (χ3v) is 5.51. The van der Waals surface area contributed by atoms with E-state index in [1.165, 1.54) is 27.3 Å². The quantitative estimate of drug-likeness (QED) is 0.905. The summed E-state index contributed by atoms with van der Waals surface area (Å²) in [6.07, 6.45) is 0.839. The van der Waals surface area contributed by atoms with Gasteiger partial charge in [-0.3, -0.25) is 9.69 Å². The molecule has 5 heteroatoms. The molecule has 0 atom stereocenters. The summed E-state index contributed by atoms with van der Waals surface area (Å²) in [6.45, 7) is 7.09. The van der Waals surface area contributed by atoms with Gasteiger partial charge >= 0.3 is 0 Å². The molecule has 4 N–H and O–H groups in total. The normalized spacial score (nSPS) is 14.9. The fourth-order valence-electron chi connectivity index (χ4n) is 3.15. The zero-order valence-electron chi connectivity index (χ0n) is 13.6. The highest BCUT2D eigenvalue weighted by atomic mass is 32.1. The van der Waals surface area contributed by atoms with Gasteiger partial charge in [0.15, 0.2) is 0 Å². The van der Waals surface area contributed by atoms with Crippen molar-refractivity contribution in [3.8, 4) is 0 Å². The highest BCUT2D eigenvalue weighted by Gasteiger charge is 2.25. The lowest BCUT2D eigenvalue weighted by Crippen LogP contribution is -2.30. The van der Waals surface area contributed by atoms with E-state index in [-0.39, 0.29) is 0 Å². The first kappa shape index (κ1) is 16.0. The van der Waals surface area contributed by atoms with Gasteiger partial charge in [-0.05, 0) is 29.0 Å². The van der Waals surface area contributed by atoms with E-state index in [2.05, 4.69) is 43.0 Å². The van der Waals surface area contributed by atoms with E-state index in [9.17, 15) is 4.79 Å². The molecule has 2 heterocycles. The van der Waals surface area contributed by atoms with Crippen LogP contribution in [0.2, 0.25) is 0 Å². The van der Waals surface area contributed by atoms with E-state index in [1.54, 1.807) is 0 Å². The van der Waals surface area contributed by atoms with Gasteiger partial charge < -0.3 is 11.5 Å². The smallest absolute Gasteiger partial charge is 0.251 e. The summed E-state index contributed by atoms with van der Waals surface area (Å²) in [5.74, 6) is 0.153. The van der Waals surface area contributed by atoms with Gasteiger partial charge in [0, 0.05) is 24.5 Å². The number of carbonyl (C=O) groups is 1. The van der Waals surface area contributed by atoms with Crippen molar-refractivity contribution in [2.45, 2.75) is 39.3 Å². The van der Waals surface area contributed by atoms with Crippen LogP contribution in [0.5, 0.6) is 0 Å². The van der Waals surface area contributed by atoms with Crippen LogP contribution in [0.3, 0.4) is 0 Å². The number of nitrogens with zero attached hydrogens (tertiary/aromatic N) is 1. The van der Waals surface area contributed by atoms with Crippen molar-refractivity contribution < 1.29 is 4.79 Å². The van der Waals surface area contributed by atoms with Crippen molar-refractivity contribution in [1.82, 2.24) is 4.90 Å². The Morgan fingerprint density at radius 3 is 2.61 bits per heavy atom. The van der Waals surface area contributed by atoms with Gasteiger partial charge in [-0.15, -0.1) is 11.3 Å². The van der Waals surface area contributed by atoms with Crippen molar-refractivity contribution in [2.75, 3.05) is 12.3 Å². The third kappa shape index (κ3) is 3.26.